The first kappa shape index (κ1) is 18.6. The third kappa shape index (κ3) is 4.50. The molecular weight excluding hydrogens is 324 g/mol. The smallest absolute Gasteiger partial charge is 0.253 e. The van der Waals surface area contributed by atoms with Gasteiger partial charge in [-0.15, -0.1) is 0 Å². The minimum absolute atomic E-state index is 0.0612. The van der Waals surface area contributed by atoms with Crippen LogP contribution in [0.4, 0.5) is 0 Å². The Kier molecular flexibility index (Phi) is 6.04. The highest BCUT2D eigenvalue weighted by molar-refractivity contribution is 5.94. The van der Waals surface area contributed by atoms with E-state index in [0.717, 1.165) is 60.5 Å². The van der Waals surface area contributed by atoms with Gasteiger partial charge in [-0.1, -0.05) is 18.2 Å². The fourth-order valence-corrected chi connectivity index (χ4v) is 3.48. The fraction of sp³-hybridized carbons (Fsp3) is 0.455. The average Bonchev–Trinajstić information content (AvgIpc) is 2.66. The number of amides is 1. The standard InChI is InChI=1S/C22H28N2O2/c1-16-7-12-21(17(2)23-16)18-8-10-19(11-9-18)22(25)24(3)14-13-20-6-4-5-15-26-20/h7-12,20H,4-6,13-15H2,1-3H3. The fourth-order valence-electron chi connectivity index (χ4n) is 3.48. The monoisotopic (exact) mass is 352 g/mol. The number of carbonyl (C=O) groups is 1. The molecule has 1 aromatic heterocycles. The van der Waals surface area contributed by atoms with Gasteiger partial charge in [0.15, 0.2) is 0 Å². The van der Waals surface area contributed by atoms with Crippen LogP contribution in [0.25, 0.3) is 11.1 Å². The van der Waals surface area contributed by atoms with Crippen LogP contribution in [-0.4, -0.2) is 42.1 Å². The number of aryl methyl sites for hydroxylation is 2. The number of aromatic nitrogens is 1. The molecular formula is C22H28N2O2. The maximum absolute atomic E-state index is 12.6. The summed E-state index contributed by atoms with van der Waals surface area (Å²) in [7, 11) is 1.87. The lowest BCUT2D eigenvalue weighted by Crippen LogP contribution is -2.31. The molecule has 1 aliphatic heterocycles. The van der Waals surface area contributed by atoms with Crippen LogP contribution in [0.1, 0.15) is 47.4 Å². The van der Waals surface area contributed by atoms with Crippen LogP contribution < -0.4 is 0 Å². The van der Waals surface area contributed by atoms with Gasteiger partial charge in [0.05, 0.1) is 6.10 Å². The normalized spacial score (nSPS) is 17.1. The number of carbonyl (C=O) groups excluding carboxylic acids is 1. The van der Waals surface area contributed by atoms with Gasteiger partial charge >= 0.3 is 0 Å². The first-order valence-corrected chi connectivity index (χ1v) is 9.46. The van der Waals surface area contributed by atoms with Gasteiger partial charge in [0.25, 0.3) is 5.91 Å². The summed E-state index contributed by atoms with van der Waals surface area (Å²) in [5, 5.41) is 0. The molecule has 1 amide bonds. The predicted octanol–water partition coefficient (Wildman–Crippen LogP) is 4.40. The molecule has 4 nitrogen and oxygen atoms in total. The molecule has 0 aliphatic carbocycles. The van der Waals surface area contributed by atoms with Crippen molar-refractivity contribution in [3.63, 3.8) is 0 Å². The van der Waals surface area contributed by atoms with Gasteiger partial charge in [-0.3, -0.25) is 9.78 Å². The lowest BCUT2D eigenvalue weighted by atomic mass is 10.0. The van der Waals surface area contributed by atoms with E-state index in [1.54, 1.807) is 4.90 Å². The molecule has 1 atom stereocenters. The van der Waals surface area contributed by atoms with Crippen LogP contribution in [0, 0.1) is 13.8 Å². The molecule has 3 rings (SSSR count). The Hall–Kier alpha value is -2.20. The van der Waals surface area contributed by atoms with Gasteiger partial charge in [0.1, 0.15) is 0 Å². The molecule has 0 spiro atoms. The number of ether oxygens (including phenoxy) is 1. The third-order valence-electron chi connectivity index (χ3n) is 5.08. The second-order valence-electron chi connectivity index (χ2n) is 7.17. The van der Waals surface area contributed by atoms with Gasteiger partial charge in [-0.05, 0) is 63.3 Å². The second-order valence-corrected chi connectivity index (χ2v) is 7.17. The van der Waals surface area contributed by atoms with E-state index in [4.69, 9.17) is 4.74 Å². The Balaban J connectivity index is 1.62. The van der Waals surface area contributed by atoms with Crippen molar-refractivity contribution in [3.05, 3.63) is 53.3 Å². The van der Waals surface area contributed by atoms with Crippen LogP contribution in [0.2, 0.25) is 0 Å². The highest BCUT2D eigenvalue weighted by atomic mass is 16.5. The van der Waals surface area contributed by atoms with Gasteiger partial charge < -0.3 is 9.64 Å². The second kappa shape index (κ2) is 8.45. The summed E-state index contributed by atoms with van der Waals surface area (Å²) >= 11 is 0. The number of rotatable bonds is 5. The predicted molar refractivity (Wildman–Crippen MR) is 104 cm³/mol. The number of hydrogen-bond acceptors (Lipinski definition) is 3. The van der Waals surface area contributed by atoms with Crippen molar-refractivity contribution in [2.45, 2.75) is 45.6 Å². The highest BCUT2D eigenvalue weighted by Crippen LogP contribution is 2.23. The Morgan fingerprint density at radius 3 is 2.58 bits per heavy atom. The molecule has 0 radical (unpaired) electrons. The Morgan fingerprint density at radius 1 is 1.15 bits per heavy atom. The maximum atomic E-state index is 12.6. The summed E-state index contributed by atoms with van der Waals surface area (Å²) in [6.07, 6.45) is 4.72. The topological polar surface area (TPSA) is 42.4 Å². The summed E-state index contributed by atoms with van der Waals surface area (Å²) in [6.45, 7) is 5.60. The molecule has 0 bridgehead atoms. The van der Waals surface area contributed by atoms with Gasteiger partial charge in [0, 0.05) is 42.7 Å². The van der Waals surface area contributed by atoms with Crippen LogP contribution in [0.15, 0.2) is 36.4 Å². The zero-order valence-electron chi connectivity index (χ0n) is 16.0. The zero-order chi connectivity index (χ0) is 18.5. The van der Waals surface area contributed by atoms with Crippen molar-refractivity contribution >= 4 is 5.91 Å². The number of benzene rings is 1. The Morgan fingerprint density at radius 2 is 1.92 bits per heavy atom. The minimum atomic E-state index is 0.0612. The molecule has 138 valence electrons. The van der Waals surface area contributed by atoms with Gasteiger partial charge in [-0.25, -0.2) is 0 Å². The first-order chi connectivity index (χ1) is 12.5. The van der Waals surface area contributed by atoms with Crippen molar-refractivity contribution in [1.29, 1.82) is 0 Å². The van der Waals surface area contributed by atoms with E-state index < -0.39 is 0 Å². The van der Waals surface area contributed by atoms with Crippen molar-refractivity contribution in [2.75, 3.05) is 20.2 Å². The molecule has 1 aliphatic rings. The number of pyridine rings is 1. The number of nitrogens with zero attached hydrogens (tertiary/aromatic N) is 2. The van der Waals surface area contributed by atoms with Crippen molar-refractivity contribution in [2.24, 2.45) is 0 Å². The molecule has 26 heavy (non-hydrogen) atoms. The quantitative estimate of drug-likeness (QED) is 0.801. The molecule has 0 N–H and O–H groups in total. The van der Waals surface area contributed by atoms with Gasteiger partial charge in [0.2, 0.25) is 0 Å². The summed E-state index contributed by atoms with van der Waals surface area (Å²) in [4.78, 5) is 19.0. The van der Waals surface area contributed by atoms with Crippen LogP contribution >= 0.6 is 0 Å². The van der Waals surface area contributed by atoms with E-state index >= 15 is 0 Å². The third-order valence-corrected chi connectivity index (χ3v) is 5.08. The van der Waals surface area contributed by atoms with Crippen LogP contribution in [-0.2, 0) is 4.74 Å². The van der Waals surface area contributed by atoms with E-state index in [1.807, 2.05) is 51.2 Å². The molecule has 4 heteroatoms. The molecule has 0 saturated carbocycles. The van der Waals surface area contributed by atoms with E-state index in [0.29, 0.717) is 6.10 Å². The Bertz CT molecular complexity index is 749. The molecule has 2 heterocycles. The minimum Gasteiger partial charge on any atom is -0.378 e. The summed E-state index contributed by atoms with van der Waals surface area (Å²) < 4.78 is 5.75. The number of hydrogen-bond donors (Lipinski definition) is 0. The van der Waals surface area contributed by atoms with Crippen molar-refractivity contribution in [3.8, 4) is 11.1 Å². The highest BCUT2D eigenvalue weighted by Gasteiger charge is 2.17. The summed E-state index contributed by atoms with van der Waals surface area (Å²) in [6, 6.07) is 11.9. The van der Waals surface area contributed by atoms with E-state index in [9.17, 15) is 4.79 Å². The van der Waals surface area contributed by atoms with Crippen LogP contribution in [0.5, 0.6) is 0 Å². The molecule has 2 aromatic rings. The lowest BCUT2D eigenvalue weighted by molar-refractivity contribution is 0.00709. The lowest BCUT2D eigenvalue weighted by Gasteiger charge is -2.25. The summed E-state index contributed by atoms with van der Waals surface area (Å²) in [5.41, 5.74) is 4.94. The molecule has 1 saturated heterocycles. The van der Waals surface area contributed by atoms with Gasteiger partial charge in [-0.2, -0.15) is 0 Å². The Labute approximate surface area is 156 Å². The van der Waals surface area contributed by atoms with E-state index in [1.165, 1.54) is 6.42 Å². The first-order valence-electron chi connectivity index (χ1n) is 9.46. The average molecular weight is 352 g/mol. The summed E-state index contributed by atoms with van der Waals surface area (Å²) in [5.74, 6) is 0.0612. The van der Waals surface area contributed by atoms with Crippen molar-refractivity contribution in [1.82, 2.24) is 9.88 Å². The van der Waals surface area contributed by atoms with Crippen molar-refractivity contribution < 1.29 is 9.53 Å². The molecule has 1 aromatic carbocycles. The SMILES string of the molecule is Cc1ccc(-c2ccc(C(=O)N(C)CCC3CCCCO3)cc2)c(C)n1. The maximum Gasteiger partial charge on any atom is 0.253 e. The van der Waals surface area contributed by atoms with E-state index in [-0.39, 0.29) is 5.91 Å². The van der Waals surface area contributed by atoms with E-state index in [2.05, 4.69) is 11.1 Å². The van der Waals surface area contributed by atoms with Crippen LogP contribution in [0.3, 0.4) is 0 Å². The molecule has 1 fully saturated rings. The molecule has 1 unspecified atom stereocenters. The largest absolute Gasteiger partial charge is 0.378 e. The zero-order valence-corrected chi connectivity index (χ0v) is 16.0.